The highest BCUT2D eigenvalue weighted by atomic mass is 16.1. The lowest BCUT2D eigenvalue weighted by atomic mass is 9.85. The van der Waals surface area contributed by atoms with Crippen LogP contribution in [-0.4, -0.2) is 6.29 Å². The molecule has 0 amide bonds. The second-order valence-electron chi connectivity index (χ2n) is 7.58. The Bertz CT molecular complexity index is 609. The number of aldehydes is 1. The van der Waals surface area contributed by atoms with Gasteiger partial charge in [0.15, 0.2) is 6.29 Å². The highest BCUT2D eigenvalue weighted by Gasteiger charge is 2.24. The first-order chi connectivity index (χ1) is 9.14. The third-order valence-electron chi connectivity index (χ3n) is 3.85. The summed E-state index contributed by atoms with van der Waals surface area (Å²) in [5.41, 5.74) is 5.71. The van der Waals surface area contributed by atoms with Crippen molar-refractivity contribution in [2.75, 3.05) is 0 Å². The normalized spacial score (nSPS) is 12.7. The van der Waals surface area contributed by atoms with E-state index in [2.05, 4.69) is 65.8 Å². The van der Waals surface area contributed by atoms with E-state index < -0.39 is 0 Å². The van der Waals surface area contributed by atoms with Crippen LogP contribution in [0.1, 0.15) is 63.0 Å². The summed E-state index contributed by atoms with van der Waals surface area (Å²) in [4.78, 5) is 11.3. The molecule has 0 atom stereocenters. The second kappa shape index (κ2) is 4.73. The molecule has 0 saturated carbocycles. The average Bonchev–Trinajstić information content (AvgIpc) is 2.50. The fourth-order valence-electron chi connectivity index (χ4n) is 2.60. The van der Waals surface area contributed by atoms with Gasteiger partial charge in [0.25, 0.3) is 0 Å². The highest BCUT2D eigenvalue weighted by Crippen LogP contribution is 2.39. The van der Waals surface area contributed by atoms with Crippen LogP contribution in [0, 0.1) is 0 Å². The van der Waals surface area contributed by atoms with Crippen LogP contribution in [0.5, 0.6) is 0 Å². The van der Waals surface area contributed by atoms with Crippen LogP contribution in [0.15, 0.2) is 30.3 Å². The van der Waals surface area contributed by atoms with Crippen molar-refractivity contribution in [3.05, 3.63) is 47.0 Å². The Balaban J connectivity index is 2.74. The molecule has 1 heteroatoms. The summed E-state index contributed by atoms with van der Waals surface area (Å²) in [5, 5.41) is 0. The maximum atomic E-state index is 11.3. The SMILES string of the molecule is CC(C)(C)c1ccc2c(C=O)cc(C(C)(C)C)c-2cc1. The third kappa shape index (κ3) is 2.63. The van der Waals surface area contributed by atoms with Crippen molar-refractivity contribution in [3.8, 4) is 11.1 Å². The zero-order valence-corrected chi connectivity index (χ0v) is 13.4. The molecule has 0 aromatic rings. The Morgan fingerprint density at radius 1 is 0.800 bits per heavy atom. The highest BCUT2D eigenvalue weighted by molar-refractivity contribution is 5.92. The monoisotopic (exact) mass is 268 g/mol. The largest absolute Gasteiger partial charge is 0.298 e. The first kappa shape index (κ1) is 14.8. The van der Waals surface area contributed by atoms with Gasteiger partial charge in [-0.2, -0.15) is 0 Å². The molecule has 106 valence electrons. The van der Waals surface area contributed by atoms with E-state index >= 15 is 0 Å². The Labute approximate surface area is 122 Å². The van der Waals surface area contributed by atoms with E-state index in [0.29, 0.717) is 0 Å². The van der Waals surface area contributed by atoms with Crippen molar-refractivity contribution in [2.45, 2.75) is 52.4 Å². The summed E-state index contributed by atoms with van der Waals surface area (Å²) in [6, 6.07) is 10.6. The van der Waals surface area contributed by atoms with Crippen molar-refractivity contribution < 1.29 is 4.79 Å². The molecule has 0 heterocycles. The first-order valence-corrected chi connectivity index (χ1v) is 7.17. The predicted octanol–water partition coefficient (Wildman–Crippen LogP) is 5.20. The van der Waals surface area contributed by atoms with E-state index in [0.717, 1.165) is 17.4 Å². The van der Waals surface area contributed by atoms with Crippen LogP contribution in [-0.2, 0) is 10.8 Å². The number of carbonyl (C=O) groups is 1. The van der Waals surface area contributed by atoms with Gasteiger partial charge in [-0.25, -0.2) is 0 Å². The fourth-order valence-corrected chi connectivity index (χ4v) is 2.60. The van der Waals surface area contributed by atoms with Gasteiger partial charge in [-0.05, 0) is 39.2 Å². The zero-order valence-electron chi connectivity index (χ0n) is 13.4. The van der Waals surface area contributed by atoms with Gasteiger partial charge in [0.1, 0.15) is 0 Å². The average molecular weight is 268 g/mol. The molecule has 2 aliphatic carbocycles. The Kier molecular flexibility index (Phi) is 3.49. The lowest BCUT2D eigenvalue weighted by molar-refractivity contribution is 0.112. The fraction of sp³-hybridized carbons (Fsp3) is 0.421. The van der Waals surface area contributed by atoms with Crippen molar-refractivity contribution in [1.82, 2.24) is 0 Å². The lowest BCUT2D eigenvalue weighted by Gasteiger charge is -2.19. The summed E-state index contributed by atoms with van der Waals surface area (Å²) in [5.74, 6) is 0. The van der Waals surface area contributed by atoms with E-state index in [-0.39, 0.29) is 10.8 Å². The number of rotatable bonds is 1. The third-order valence-corrected chi connectivity index (χ3v) is 3.85. The molecular formula is C19H24O. The summed E-state index contributed by atoms with van der Waals surface area (Å²) in [6.45, 7) is 13.2. The van der Waals surface area contributed by atoms with Gasteiger partial charge in [0, 0.05) is 5.56 Å². The minimum absolute atomic E-state index is 0.0375. The zero-order chi connectivity index (χ0) is 15.1. The Hall–Kier alpha value is -1.63. The van der Waals surface area contributed by atoms with Gasteiger partial charge >= 0.3 is 0 Å². The number of fused-ring (bicyclic) bond motifs is 1. The molecule has 0 radical (unpaired) electrons. The van der Waals surface area contributed by atoms with Crippen LogP contribution >= 0.6 is 0 Å². The standard InChI is InChI=1S/C19H24O/c1-18(2,3)14-7-9-15-13(12-20)11-17(19(4,5)6)16(15)10-8-14/h7-12H,1-6H3. The van der Waals surface area contributed by atoms with E-state index in [1.807, 2.05) is 6.07 Å². The van der Waals surface area contributed by atoms with Gasteiger partial charge in [0.2, 0.25) is 0 Å². The summed E-state index contributed by atoms with van der Waals surface area (Å²) >= 11 is 0. The first-order valence-electron chi connectivity index (χ1n) is 7.17. The number of carbonyl (C=O) groups excluding carboxylic acids is 1. The van der Waals surface area contributed by atoms with Crippen molar-refractivity contribution >= 4 is 6.29 Å². The molecule has 0 N–H and O–H groups in total. The van der Waals surface area contributed by atoms with Crippen molar-refractivity contribution in [3.63, 3.8) is 0 Å². The molecular weight excluding hydrogens is 244 g/mol. The molecule has 0 unspecified atom stereocenters. The quantitative estimate of drug-likeness (QED) is 0.650. The van der Waals surface area contributed by atoms with Crippen LogP contribution in [0.3, 0.4) is 0 Å². The van der Waals surface area contributed by atoms with E-state index in [9.17, 15) is 4.79 Å². The topological polar surface area (TPSA) is 17.1 Å². The summed E-state index contributed by atoms with van der Waals surface area (Å²) in [6.07, 6.45) is 0.967. The minimum Gasteiger partial charge on any atom is -0.298 e. The molecule has 0 aromatic carbocycles. The smallest absolute Gasteiger partial charge is 0.150 e. The van der Waals surface area contributed by atoms with E-state index in [1.54, 1.807) is 0 Å². The van der Waals surface area contributed by atoms with Gasteiger partial charge in [-0.3, -0.25) is 4.79 Å². The van der Waals surface area contributed by atoms with Gasteiger partial charge in [-0.15, -0.1) is 0 Å². The number of hydrogen-bond acceptors (Lipinski definition) is 1. The molecule has 0 spiro atoms. The summed E-state index contributed by atoms with van der Waals surface area (Å²) in [7, 11) is 0. The maximum Gasteiger partial charge on any atom is 0.150 e. The number of hydrogen-bond donors (Lipinski definition) is 0. The van der Waals surface area contributed by atoms with Crippen LogP contribution in [0.25, 0.3) is 11.1 Å². The molecule has 0 saturated heterocycles. The Morgan fingerprint density at radius 3 is 1.80 bits per heavy atom. The minimum atomic E-state index is 0.0375. The lowest BCUT2D eigenvalue weighted by Crippen LogP contribution is -2.10. The molecule has 20 heavy (non-hydrogen) atoms. The van der Waals surface area contributed by atoms with Crippen LogP contribution in [0.2, 0.25) is 0 Å². The van der Waals surface area contributed by atoms with Gasteiger partial charge in [-0.1, -0.05) is 65.8 Å². The molecule has 0 fully saturated rings. The van der Waals surface area contributed by atoms with Gasteiger partial charge < -0.3 is 0 Å². The summed E-state index contributed by atoms with van der Waals surface area (Å²) < 4.78 is 0. The van der Waals surface area contributed by atoms with Crippen molar-refractivity contribution in [2.24, 2.45) is 0 Å². The maximum absolute atomic E-state index is 11.3. The molecule has 0 bridgehead atoms. The molecule has 0 aliphatic heterocycles. The Morgan fingerprint density at radius 2 is 1.35 bits per heavy atom. The van der Waals surface area contributed by atoms with Crippen LogP contribution < -0.4 is 0 Å². The molecule has 1 nitrogen and oxygen atoms in total. The second-order valence-corrected chi connectivity index (χ2v) is 7.58. The van der Waals surface area contributed by atoms with Gasteiger partial charge in [0.05, 0.1) is 0 Å². The molecule has 2 rings (SSSR count). The van der Waals surface area contributed by atoms with E-state index in [4.69, 9.17) is 0 Å². The van der Waals surface area contributed by atoms with Crippen LogP contribution in [0.4, 0.5) is 0 Å². The van der Waals surface area contributed by atoms with Crippen molar-refractivity contribution in [1.29, 1.82) is 0 Å². The van der Waals surface area contributed by atoms with E-state index in [1.165, 1.54) is 16.7 Å². The molecule has 2 aliphatic rings. The molecule has 0 aromatic heterocycles. The predicted molar refractivity (Wildman–Crippen MR) is 85.9 cm³/mol.